The smallest absolute Gasteiger partial charge is 0.269 e. The molecule has 110 valence electrons. The van der Waals surface area contributed by atoms with Gasteiger partial charge in [0.25, 0.3) is 5.69 Å². The van der Waals surface area contributed by atoms with E-state index in [2.05, 4.69) is 18.7 Å². The summed E-state index contributed by atoms with van der Waals surface area (Å²) in [5, 5.41) is 10.9. The van der Waals surface area contributed by atoms with Crippen molar-refractivity contribution in [3.8, 4) is 0 Å². The first-order valence-electron chi connectivity index (χ1n) is 7.27. The Morgan fingerprint density at radius 1 is 1.55 bits per heavy atom. The van der Waals surface area contributed by atoms with Crippen molar-refractivity contribution >= 4 is 5.69 Å². The Morgan fingerprint density at radius 3 is 2.85 bits per heavy atom. The van der Waals surface area contributed by atoms with Crippen LogP contribution in [0.5, 0.6) is 0 Å². The van der Waals surface area contributed by atoms with E-state index in [1.807, 2.05) is 6.07 Å². The van der Waals surface area contributed by atoms with Crippen LogP contribution < -0.4 is 5.73 Å². The molecule has 1 fully saturated rings. The van der Waals surface area contributed by atoms with Gasteiger partial charge in [-0.2, -0.15) is 0 Å². The minimum absolute atomic E-state index is 0.170. The summed E-state index contributed by atoms with van der Waals surface area (Å²) < 4.78 is 0. The van der Waals surface area contributed by atoms with Crippen LogP contribution in [0, 0.1) is 16.0 Å². The average Bonchev–Trinajstić information content (AvgIpc) is 2.81. The second-order valence-electron chi connectivity index (χ2n) is 5.66. The fourth-order valence-corrected chi connectivity index (χ4v) is 3.28. The number of nitrogens with two attached hydrogens (primary N) is 1. The molecular weight excluding hydrogens is 254 g/mol. The summed E-state index contributed by atoms with van der Waals surface area (Å²) in [4.78, 5) is 13.0. The fraction of sp³-hybridized carbons (Fsp3) is 0.600. The lowest BCUT2D eigenvalue weighted by Gasteiger charge is -2.31. The summed E-state index contributed by atoms with van der Waals surface area (Å²) in [6.45, 7) is 6.05. The second kappa shape index (κ2) is 6.33. The highest BCUT2D eigenvalue weighted by molar-refractivity contribution is 5.36. The maximum absolute atomic E-state index is 10.9. The predicted molar refractivity (Wildman–Crippen MR) is 79.5 cm³/mol. The third-order valence-corrected chi connectivity index (χ3v) is 4.30. The van der Waals surface area contributed by atoms with E-state index in [9.17, 15) is 10.1 Å². The molecule has 1 aliphatic heterocycles. The van der Waals surface area contributed by atoms with Gasteiger partial charge in [-0.1, -0.05) is 19.1 Å². The summed E-state index contributed by atoms with van der Waals surface area (Å²) in [5.41, 5.74) is 6.99. The van der Waals surface area contributed by atoms with Crippen LogP contribution in [-0.2, 0) is 0 Å². The Hall–Kier alpha value is -1.46. The van der Waals surface area contributed by atoms with Gasteiger partial charge in [-0.15, -0.1) is 0 Å². The molecule has 0 spiro atoms. The van der Waals surface area contributed by atoms with Crippen molar-refractivity contribution in [3.63, 3.8) is 0 Å². The molecule has 0 radical (unpaired) electrons. The highest BCUT2D eigenvalue weighted by Crippen LogP contribution is 2.34. The SMILES string of the molecule is CCC(c1cccc([N+](=O)[O-])c1)N1CC(CN)CC1C. The van der Waals surface area contributed by atoms with E-state index < -0.39 is 0 Å². The largest absolute Gasteiger partial charge is 0.330 e. The van der Waals surface area contributed by atoms with Crippen LogP contribution in [0.2, 0.25) is 0 Å². The highest BCUT2D eigenvalue weighted by atomic mass is 16.6. The van der Waals surface area contributed by atoms with Crippen molar-refractivity contribution in [2.45, 2.75) is 38.8 Å². The lowest BCUT2D eigenvalue weighted by atomic mass is 10.0. The van der Waals surface area contributed by atoms with Crippen molar-refractivity contribution in [3.05, 3.63) is 39.9 Å². The number of hydrogen-bond acceptors (Lipinski definition) is 4. The minimum atomic E-state index is -0.327. The van der Waals surface area contributed by atoms with Gasteiger partial charge in [0, 0.05) is 30.8 Å². The molecule has 0 aliphatic carbocycles. The monoisotopic (exact) mass is 277 g/mol. The zero-order chi connectivity index (χ0) is 14.7. The number of benzene rings is 1. The van der Waals surface area contributed by atoms with Crippen molar-refractivity contribution in [1.82, 2.24) is 4.90 Å². The maximum Gasteiger partial charge on any atom is 0.269 e. The Labute approximate surface area is 119 Å². The van der Waals surface area contributed by atoms with Gasteiger partial charge in [-0.25, -0.2) is 0 Å². The molecular formula is C15H23N3O2. The maximum atomic E-state index is 10.9. The number of likely N-dealkylation sites (tertiary alicyclic amines) is 1. The first-order chi connectivity index (χ1) is 9.56. The number of nitro groups is 1. The van der Waals surface area contributed by atoms with Gasteiger partial charge in [0.2, 0.25) is 0 Å². The molecule has 1 aromatic rings. The zero-order valence-electron chi connectivity index (χ0n) is 12.2. The number of rotatable bonds is 5. The van der Waals surface area contributed by atoms with Crippen LogP contribution in [0.4, 0.5) is 5.69 Å². The second-order valence-corrected chi connectivity index (χ2v) is 5.66. The lowest BCUT2D eigenvalue weighted by Crippen LogP contribution is -2.32. The van der Waals surface area contributed by atoms with Gasteiger partial charge < -0.3 is 5.73 Å². The van der Waals surface area contributed by atoms with Gasteiger partial charge in [0.1, 0.15) is 0 Å². The molecule has 1 aliphatic rings. The van der Waals surface area contributed by atoms with Gasteiger partial charge in [-0.3, -0.25) is 15.0 Å². The molecule has 5 heteroatoms. The van der Waals surface area contributed by atoms with E-state index in [4.69, 9.17) is 5.73 Å². The molecule has 2 rings (SSSR count). The van der Waals surface area contributed by atoms with E-state index in [0.717, 1.165) is 24.9 Å². The Bertz CT molecular complexity index is 478. The van der Waals surface area contributed by atoms with Gasteiger partial charge in [-0.05, 0) is 37.8 Å². The number of nitrogens with zero attached hydrogens (tertiary/aromatic N) is 2. The number of hydrogen-bond donors (Lipinski definition) is 1. The van der Waals surface area contributed by atoms with Crippen molar-refractivity contribution in [2.75, 3.05) is 13.1 Å². The molecule has 3 atom stereocenters. The Balaban J connectivity index is 2.24. The van der Waals surface area contributed by atoms with Gasteiger partial charge in [0.15, 0.2) is 0 Å². The van der Waals surface area contributed by atoms with Crippen LogP contribution in [0.15, 0.2) is 24.3 Å². The van der Waals surface area contributed by atoms with Crippen LogP contribution >= 0.6 is 0 Å². The highest BCUT2D eigenvalue weighted by Gasteiger charge is 2.33. The molecule has 0 saturated carbocycles. The molecule has 5 nitrogen and oxygen atoms in total. The Kier molecular flexibility index (Phi) is 4.73. The van der Waals surface area contributed by atoms with E-state index in [0.29, 0.717) is 18.5 Å². The van der Waals surface area contributed by atoms with Crippen molar-refractivity contribution in [1.29, 1.82) is 0 Å². The van der Waals surface area contributed by atoms with E-state index >= 15 is 0 Å². The van der Waals surface area contributed by atoms with Gasteiger partial charge in [0.05, 0.1) is 4.92 Å². The molecule has 1 saturated heterocycles. The molecule has 0 amide bonds. The van der Waals surface area contributed by atoms with Crippen LogP contribution in [0.3, 0.4) is 0 Å². The molecule has 20 heavy (non-hydrogen) atoms. The molecule has 2 N–H and O–H groups in total. The topological polar surface area (TPSA) is 72.4 Å². The standard InChI is InChI=1S/C15H23N3O2/c1-3-15(17-10-12(9-16)7-11(17)2)13-5-4-6-14(8-13)18(19)20/h4-6,8,11-12,15H,3,7,9-10,16H2,1-2H3. The van der Waals surface area contributed by atoms with Gasteiger partial charge >= 0.3 is 0 Å². The normalized spacial score (nSPS) is 24.8. The predicted octanol–water partition coefficient (Wildman–Crippen LogP) is 2.72. The zero-order valence-corrected chi connectivity index (χ0v) is 12.2. The summed E-state index contributed by atoms with van der Waals surface area (Å²) in [6.07, 6.45) is 2.06. The quantitative estimate of drug-likeness (QED) is 0.663. The van der Waals surface area contributed by atoms with E-state index in [-0.39, 0.29) is 16.7 Å². The van der Waals surface area contributed by atoms with E-state index in [1.54, 1.807) is 18.2 Å². The molecule has 3 unspecified atom stereocenters. The van der Waals surface area contributed by atoms with Crippen molar-refractivity contribution in [2.24, 2.45) is 11.7 Å². The van der Waals surface area contributed by atoms with Crippen LogP contribution in [-0.4, -0.2) is 29.0 Å². The lowest BCUT2D eigenvalue weighted by molar-refractivity contribution is -0.385. The summed E-state index contributed by atoms with van der Waals surface area (Å²) in [5.74, 6) is 0.540. The number of non-ortho nitro benzene ring substituents is 1. The van der Waals surface area contributed by atoms with E-state index in [1.165, 1.54) is 0 Å². The summed E-state index contributed by atoms with van der Waals surface area (Å²) >= 11 is 0. The third kappa shape index (κ3) is 2.99. The molecule has 1 aromatic carbocycles. The van der Waals surface area contributed by atoms with Crippen molar-refractivity contribution < 1.29 is 4.92 Å². The fourth-order valence-electron chi connectivity index (χ4n) is 3.28. The molecule has 0 aromatic heterocycles. The molecule has 0 bridgehead atoms. The first-order valence-corrected chi connectivity index (χ1v) is 7.27. The summed E-state index contributed by atoms with van der Waals surface area (Å²) in [6, 6.07) is 7.73. The number of nitro benzene ring substituents is 1. The first kappa shape index (κ1) is 14.9. The molecule has 1 heterocycles. The summed E-state index contributed by atoms with van der Waals surface area (Å²) in [7, 11) is 0. The third-order valence-electron chi connectivity index (χ3n) is 4.30. The average molecular weight is 277 g/mol. The Morgan fingerprint density at radius 2 is 2.30 bits per heavy atom. The minimum Gasteiger partial charge on any atom is -0.330 e. The van der Waals surface area contributed by atoms with Crippen LogP contribution in [0.1, 0.15) is 38.3 Å². The van der Waals surface area contributed by atoms with Crippen LogP contribution in [0.25, 0.3) is 0 Å².